The summed E-state index contributed by atoms with van der Waals surface area (Å²) in [7, 11) is -3.57. The van der Waals surface area contributed by atoms with Crippen molar-refractivity contribution in [2.24, 2.45) is 0 Å². The fourth-order valence-electron chi connectivity index (χ4n) is 1.76. The number of hydrogen-bond acceptors (Lipinski definition) is 3. The van der Waals surface area contributed by atoms with E-state index in [9.17, 15) is 30.6 Å². The highest BCUT2D eigenvalue weighted by Crippen LogP contribution is 2.38. The smallest absolute Gasteiger partial charge is 0.245 e. The van der Waals surface area contributed by atoms with Crippen LogP contribution in [0.15, 0.2) is 23.2 Å². The van der Waals surface area contributed by atoms with Crippen molar-refractivity contribution in [2.45, 2.75) is 16.6 Å². The molecule has 2 rings (SSSR count). The molecule has 4 nitrogen and oxygen atoms in total. The van der Waals surface area contributed by atoms with Crippen molar-refractivity contribution in [3.8, 4) is 11.8 Å². The summed E-state index contributed by atoms with van der Waals surface area (Å²) in [6.45, 7) is 0. The summed E-state index contributed by atoms with van der Waals surface area (Å²) in [5.74, 6) is 0. The minimum atomic E-state index is -5.16. The Balaban J connectivity index is 2.64. The Kier molecular flexibility index (Phi) is 5.09. The van der Waals surface area contributed by atoms with Crippen LogP contribution in [-0.2, 0) is 17.0 Å². The molecule has 0 saturated carbocycles. The monoisotopic (exact) mass is 421 g/mol. The molecule has 13 heteroatoms. The Morgan fingerprint density at radius 1 is 1.12 bits per heavy atom. The molecule has 1 heterocycles. The number of nitrogens with zero attached hydrogens (tertiary/aromatic N) is 3. The molecule has 0 saturated heterocycles. The fraction of sp³-hybridized carbons (Fsp3) is 0.167. The quantitative estimate of drug-likeness (QED) is 0.660. The summed E-state index contributed by atoms with van der Waals surface area (Å²) in [4.78, 5) is -0.970. The molecule has 1 aromatic carbocycles. The normalized spacial score (nSPS) is 13.6. The van der Waals surface area contributed by atoms with Gasteiger partial charge in [-0.05, 0) is 12.1 Å². The Hall–Kier alpha value is -1.77. The predicted octanol–water partition coefficient (Wildman–Crippen LogP) is 4.70. The summed E-state index contributed by atoms with van der Waals surface area (Å²) in [6.07, 6.45) is -4.18. The topological polar surface area (TPSA) is 58.7 Å². The van der Waals surface area contributed by atoms with Gasteiger partial charge in [0, 0.05) is 6.20 Å². The van der Waals surface area contributed by atoms with E-state index in [4.69, 9.17) is 28.5 Å². The van der Waals surface area contributed by atoms with E-state index in [-0.39, 0.29) is 0 Å². The first kappa shape index (κ1) is 19.6. The molecule has 134 valence electrons. The minimum absolute atomic E-state index is 0.391. The van der Waals surface area contributed by atoms with E-state index >= 15 is 0 Å². The van der Waals surface area contributed by atoms with Gasteiger partial charge in [0.25, 0.3) is 0 Å². The fourth-order valence-corrected chi connectivity index (χ4v) is 3.13. The van der Waals surface area contributed by atoms with E-state index in [2.05, 4.69) is 5.10 Å². The molecule has 0 amide bonds. The summed E-state index contributed by atoms with van der Waals surface area (Å²) in [6, 6.07) is 2.32. The molecule has 25 heavy (non-hydrogen) atoms. The molecule has 1 unspecified atom stereocenters. The van der Waals surface area contributed by atoms with Gasteiger partial charge in [0.15, 0.2) is 16.5 Å². The molecule has 0 aliphatic rings. The molecule has 0 radical (unpaired) electrons. The first-order valence-electron chi connectivity index (χ1n) is 5.91. The molecule has 0 spiro atoms. The Morgan fingerprint density at radius 2 is 1.64 bits per heavy atom. The molecule has 1 aromatic heterocycles. The van der Waals surface area contributed by atoms with E-state index in [0.29, 0.717) is 23.0 Å². The van der Waals surface area contributed by atoms with Crippen molar-refractivity contribution < 1.29 is 30.6 Å². The average Bonchev–Trinajstić information content (AvgIpc) is 2.87. The van der Waals surface area contributed by atoms with E-state index in [1.54, 1.807) is 0 Å². The largest absolute Gasteiger partial charge is 0.476 e. The van der Waals surface area contributed by atoms with Crippen molar-refractivity contribution in [3.05, 3.63) is 39.6 Å². The Bertz CT molecular complexity index is 877. The second-order valence-electron chi connectivity index (χ2n) is 4.40. The molecule has 0 aliphatic heterocycles. The van der Waals surface area contributed by atoms with Crippen LogP contribution in [-0.4, -0.2) is 19.5 Å². The molecule has 0 fully saturated rings. The lowest BCUT2D eigenvalue weighted by Gasteiger charge is -2.12. The molecule has 0 bridgehead atoms. The summed E-state index contributed by atoms with van der Waals surface area (Å²) in [5, 5.41) is 11.2. The molecular formula is C12H3Cl2F6N3OS. The zero-order chi connectivity index (χ0) is 19.2. The molecule has 2 aromatic rings. The maximum Gasteiger partial charge on any atom is 0.476 e. The van der Waals surface area contributed by atoms with Gasteiger partial charge in [0.1, 0.15) is 16.7 Å². The number of rotatable bonds is 2. The third-order valence-corrected chi connectivity index (χ3v) is 4.46. The van der Waals surface area contributed by atoms with Crippen LogP contribution >= 0.6 is 23.2 Å². The number of nitriles is 1. The lowest BCUT2D eigenvalue weighted by molar-refractivity contribution is -0.137. The van der Waals surface area contributed by atoms with Gasteiger partial charge < -0.3 is 0 Å². The molecule has 0 N–H and O–H groups in total. The lowest BCUT2D eigenvalue weighted by atomic mass is 10.2. The van der Waals surface area contributed by atoms with Gasteiger partial charge in [0.2, 0.25) is 0 Å². The first-order chi connectivity index (χ1) is 11.4. The van der Waals surface area contributed by atoms with Crippen LogP contribution in [0.5, 0.6) is 0 Å². The molecular weight excluding hydrogens is 419 g/mol. The molecule has 1 atom stereocenters. The van der Waals surface area contributed by atoms with Crippen molar-refractivity contribution in [2.75, 3.05) is 0 Å². The van der Waals surface area contributed by atoms with Crippen molar-refractivity contribution in [1.29, 1.82) is 5.26 Å². The van der Waals surface area contributed by atoms with E-state index in [1.165, 1.54) is 6.07 Å². The SMILES string of the molecule is N#Cc1nn(-c2c(Cl)cc(C(F)(F)F)cc2Cl)cc1S(=O)C(F)(F)F. The number of hydrogen-bond donors (Lipinski definition) is 0. The predicted molar refractivity (Wildman–Crippen MR) is 75.8 cm³/mol. The van der Waals surface area contributed by atoms with Gasteiger partial charge in [-0.25, -0.2) is 8.89 Å². The Morgan fingerprint density at radius 3 is 2.04 bits per heavy atom. The molecule has 0 aliphatic carbocycles. The summed E-state index contributed by atoms with van der Waals surface area (Å²) in [5.41, 5.74) is -7.56. The zero-order valence-electron chi connectivity index (χ0n) is 11.4. The van der Waals surface area contributed by atoms with Crippen LogP contribution in [0.1, 0.15) is 11.3 Å². The van der Waals surface area contributed by atoms with Crippen LogP contribution < -0.4 is 0 Å². The summed E-state index contributed by atoms with van der Waals surface area (Å²) >= 11 is 11.4. The van der Waals surface area contributed by atoms with Gasteiger partial charge in [-0.15, -0.1) is 0 Å². The number of benzene rings is 1. The Labute approximate surface area is 148 Å². The van der Waals surface area contributed by atoms with Crippen LogP contribution in [0.3, 0.4) is 0 Å². The highest BCUT2D eigenvalue weighted by Gasteiger charge is 2.41. The number of alkyl halides is 6. The van der Waals surface area contributed by atoms with Gasteiger partial charge in [-0.1, -0.05) is 23.2 Å². The third kappa shape index (κ3) is 3.91. The van der Waals surface area contributed by atoms with Gasteiger partial charge in [0.05, 0.1) is 15.6 Å². The zero-order valence-corrected chi connectivity index (χ0v) is 13.7. The van der Waals surface area contributed by atoms with Gasteiger partial charge >= 0.3 is 11.7 Å². The lowest BCUT2D eigenvalue weighted by Crippen LogP contribution is -2.16. The van der Waals surface area contributed by atoms with Gasteiger partial charge in [-0.2, -0.15) is 36.7 Å². The minimum Gasteiger partial charge on any atom is -0.245 e. The van der Waals surface area contributed by atoms with Gasteiger partial charge in [-0.3, -0.25) is 0 Å². The second-order valence-corrected chi connectivity index (χ2v) is 6.65. The van der Waals surface area contributed by atoms with Crippen molar-refractivity contribution in [3.63, 3.8) is 0 Å². The first-order valence-corrected chi connectivity index (χ1v) is 7.81. The van der Waals surface area contributed by atoms with E-state index in [0.717, 1.165) is 0 Å². The van der Waals surface area contributed by atoms with Crippen LogP contribution in [0.25, 0.3) is 5.69 Å². The summed E-state index contributed by atoms with van der Waals surface area (Å²) < 4.78 is 87.8. The van der Waals surface area contributed by atoms with Crippen molar-refractivity contribution in [1.82, 2.24) is 9.78 Å². The third-order valence-electron chi connectivity index (χ3n) is 2.77. The number of halogens is 8. The van der Waals surface area contributed by atoms with Crippen LogP contribution in [0, 0.1) is 11.3 Å². The van der Waals surface area contributed by atoms with Crippen LogP contribution in [0.2, 0.25) is 10.0 Å². The van der Waals surface area contributed by atoms with Crippen molar-refractivity contribution >= 4 is 34.0 Å². The maximum atomic E-state index is 12.7. The maximum absolute atomic E-state index is 12.7. The highest BCUT2D eigenvalue weighted by molar-refractivity contribution is 7.86. The second kappa shape index (κ2) is 6.51. The van der Waals surface area contributed by atoms with E-state index in [1.807, 2.05) is 0 Å². The standard InChI is InChI=1S/C12H3Cl2F6N3OS/c13-6-1-5(11(15,16)17)2-7(14)10(6)23-4-9(8(3-21)22-23)25(24)12(18,19)20/h1-2,4H. The average molecular weight is 422 g/mol. The van der Waals surface area contributed by atoms with Crippen LogP contribution in [0.4, 0.5) is 26.3 Å². The highest BCUT2D eigenvalue weighted by atomic mass is 35.5. The number of aromatic nitrogens is 2. The van der Waals surface area contributed by atoms with E-state index < -0.39 is 54.4 Å².